The van der Waals surface area contributed by atoms with Crippen LogP contribution in [0.4, 0.5) is 0 Å². The van der Waals surface area contributed by atoms with E-state index >= 15 is 0 Å². The molecule has 0 aromatic carbocycles. The molecule has 0 rings (SSSR count). The van der Waals surface area contributed by atoms with Crippen molar-refractivity contribution in [2.75, 3.05) is 6.54 Å². The van der Waals surface area contributed by atoms with Crippen molar-refractivity contribution in [2.45, 2.75) is 84.2 Å². The largest absolute Gasteiger partial charge is 0.388 e. The van der Waals surface area contributed by atoms with Gasteiger partial charge in [0.2, 0.25) is 5.91 Å². The Bertz CT molecular complexity index is 529. The Balaban J connectivity index is 4.17. The van der Waals surface area contributed by atoms with E-state index in [1.54, 1.807) is 6.08 Å². The Hall–Kier alpha value is -1.87. The smallest absolute Gasteiger partial charge is 0.244 e. The number of amides is 1. The molecule has 0 fully saturated rings. The first kappa shape index (κ1) is 26.1. The molecule has 3 heteroatoms. The first-order valence-corrected chi connectivity index (χ1v) is 10.9. The zero-order valence-corrected chi connectivity index (χ0v) is 18.2. The molecule has 0 radical (unpaired) electrons. The molecule has 0 aliphatic carbocycles. The Morgan fingerprint density at radius 3 is 2.11 bits per heavy atom. The molecule has 158 valence electrons. The summed E-state index contributed by atoms with van der Waals surface area (Å²) in [7, 11) is 0. The summed E-state index contributed by atoms with van der Waals surface area (Å²) < 4.78 is 0. The maximum Gasteiger partial charge on any atom is 0.244 e. The Morgan fingerprint density at radius 1 is 0.857 bits per heavy atom. The normalized spacial score (nSPS) is 14.9. The van der Waals surface area contributed by atoms with Crippen molar-refractivity contribution < 1.29 is 9.90 Å². The second-order valence-electron chi connectivity index (χ2n) is 7.21. The third kappa shape index (κ3) is 16.3. The van der Waals surface area contributed by atoms with Gasteiger partial charge in [-0.15, -0.1) is 0 Å². The summed E-state index contributed by atoms with van der Waals surface area (Å²) in [5.41, 5.74) is -0.780. The van der Waals surface area contributed by atoms with Crippen LogP contribution in [0.1, 0.15) is 78.6 Å². The van der Waals surface area contributed by atoms with Crippen LogP contribution in [-0.2, 0) is 4.79 Å². The number of carbonyl (C=O) groups excluding carboxylic acids is 1. The van der Waals surface area contributed by atoms with Gasteiger partial charge in [0.05, 0.1) is 5.60 Å². The zero-order chi connectivity index (χ0) is 20.9. The quantitative estimate of drug-likeness (QED) is 0.189. The maximum atomic E-state index is 12.0. The van der Waals surface area contributed by atoms with Gasteiger partial charge >= 0.3 is 0 Å². The fourth-order valence-corrected chi connectivity index (χ4v) is 2.75. The number of aliphatic hydroxyl groups is 1. The van der Waals surface area contributed by atoms with Crippen molar-refractivity contribution in [3.05, 3.63) is 60.8 Å². The molecule has 0 bridgehead atoms. The summed E-state index contributed by atoms with van der Waals surface area (Å²) in [5, 5.41) is 13.7. The Kier molecular flexibility index (Phi) is 17.3. The van der Waals surface area contributed by atoms with E-state index in [9.17, 15) is 9.90 Å². The molecule has 0 spiro atoms. The predicted molar refractivity (Wildman–Crippen MR) is 122 cm³/mol. The van der Waals surface area contributed by atoms with E-state index in [1.807, 2.05) is 49.5 Å². The van der Waals surface area contributed by atoms with E-state index in [0.29, 0.717) is 6.54 Å². The van der Waals surface area contributed by atoms with Gasteiger partial charge < -0.3 is 10.4 Å². The highest BCUT2D eigenvalue weighted by atomic mass is 16.3. The molecule has 28 heavy (non-hydrogen) atoms. The molecular formula is C25H41NO2. The highest BCUT2D eigenvalue weighted by Gasteiger charge is 2.25. The van der Waals surface area contributed by atoms with Gasteiger partial charge in [-0.25, -0.2) is 0 Å². The molecule has 1 amide bonds. The molecule has 1 unspecified atom stereocenters. The lowest BCUT2D eigenvalue weighted by atomic mass is 9.90. The van der Waals surface area contributed by atoms with Gasteiger partial charge in [-0.3, -0.25) is 4.79 Å². The zero-order valence-electron chi connectivity index (χ0n) is 18.2. The standard InChI is InChI=1S/C25H41NO2/c1-4-7-10-11-12-13-14-15-16-17-18-20-24(27)26-23-25(28,21-9-6-3)22-19-8-5-2/h4,7,10-13,16-18,20,28H,5-6,8-9,14-15,19,21-23H2,1-3H3,(H,26,27). The van der Waals surface area contributed by atoms with E-state index in [4.69, 9.17) is 0 Å². The molecule has 2 N–H and O–H groups in total. The highest BCUT2D eigenvalue weighted by molar-refractivity contribution is 5.87. The van der Waals surface area contributed by atoms with Gasteiger partial charge in [0.25, 0.3) is 0 Å². The van der Waals surface area contributed by atoms with Crippen molar-refractivity contribution in [3.8, 4) is 0 Å². The van der Waals surface area contributed by atoms with Gasteiger partial charge in [-0.2, -0.15) is 0 Å². The van der Waals surface area contributed by atoms with Crippen LogP contribution in [0.25, 0.3) is 0 Å². The van der Waals surface area contributed by atoms with Gasteiger partial charge in [-0.05, 0) is 32.6 Å². The maximum absolute atomic E-state index is 12.0. The SMILES string of the molecule is CC=CC=CC=CCCC=CC=CC(=O)NCC(O)(CCCC)CCCCC. The van der Waals surface area contributed by atoms with Crippen LogP contribution in [0.3, 0.4) is 0 Å². The summed E-state index contributed by atoms with van der Waals surface area (Å²) in [6.45, 7) is 6.60. The fraction of sp³-hybridized carbons (Fsp3) is 0.560. The number of hydrogen-bond donors (Lipinski definition) is 2. The van der Waals surface area contributed by atoms with Crippen LogP contribution < -0.4 is 5.32 Å². The van der Waals surface area contributed by atoms with Crippen LogP contribution in [-0.4, -0.2) is 23.2 Å². The van der Waals surface area contributed by atoms with Crippen molar-refractivity contribution in [2.24, 2.45) is 0 Å². The molecular weight excluding hydrogens is 346 g/mol. The van der Waals surface area contributed by atoms with Gasteiger partial charge in [0, 0.05) is 12.6 Å². The van der Waals surface area contributed by atoms with Crippen molar-refractivity contribution >= 4 is 5.91 Å². The minimum absolute atomic E-state index is 0.149. The molecule has 0 aromatic rings. The second kappa shape index (κ2) is 18.5. The van der Waals surface area contributed by atoms with Crippen LogP contribution in [0.5, 0.6) is 0 Å². The number of unbranched alkanes of at least 4 members (excludes halogenated alkanes) is 4. The number of carbonyl (C=O) groups is 1. The van der Waals surface area contributed by atoms with Crippen molar-refractivity contribution in [3.63, 3.8) is 0 Å². The number of rotatable bonds is 16. The Morgan fingerprint density at radius 2 is 1.46 bits per heavy atom. The molecule has 0 aromatic heterocycles. The van der Waals surface area contributed by atoms with E-state index < -0.39 is 5.60 Å². The average molecular weight is 388 g/mol. The third-order valence-electron chi connectivity index (χ3n) is 4.49. The number of nitrogens with one attached hydrogen (secondary N) is 1. The first-order chi connectivity index (χ1) is 13.6. The Labute approximate surface area is 173 Å². The number of hydrogen-bond acceptors (Lipinski definition) is 2. The first-order valence-electron chi connectivity index (χ1n) is 10.9. The van der Waals surface area contributed by atoms with Gasteiger partial charge in [0.1, 0.15) is 0 Å². The van der Waals surface area contributed by atoms with Crippen molar-refractivity contribution in [1.29, 1.82) is 0 Å². The topological polar surface area (TPSA) is 49.3 Å². The van der Waals surface area contributed by atoms with Crippen LogP contribution in [0, 0.1) is 0 Å². The number of allylic oxidation sites excluding steroid dienone is 9. The monoisotopic (exact) mass is 387 g/mol. The summed E-state index contributed by atoms with van der Waals surface area (Å²) in [4.78, 5) is 12.0. The van der Waals surface area contributed by atoms with Crippen LogP contribution in [0.15, 0.2) is 60.8 Å². The average Bonchev–Trinajstić information content (AvgIpc) is 2.69. The summed E-state index contributed by atoms with van der Waals surface area (Å²) >= 11 is 0. The lowest BCUT2D eigenvalue weighted by Gasteiger charge is -2.28. The lowest BCUT2D eigenvalue weighted by molar-refractivity contribution is -0.118. The minimum atomic E-state index is -0.780. The molecule has 0 saturated heterocycles. The second-order valence-corrected chi connectivity index (χ2v) is 7.21. The molecule has 3 nitrogen and oxygen atoms in total. The third-order valence-corrected chi connectivity index (χ3v) is 4.49. The molecule has 0 heterocycles. The summed E-state index contributed by atoms with van der Waals surface area (Å²) in [6.07, 6.45) is 28.1. The van der Waals surface area contributed by atoms with E-state index in [0.717, 1.165) is 57.8 Å². The van der Waals surface area contributed by atoms with E-state index in [-0.39, 0.29) is 5.91 Å². The van der Waals surface area contributed by atoms with Gasteiger partial charge in [-0.1, -0.05) is 101 Å². The highest BCUT2D eigenvalue weighted by Crippen LogP contribution is 2.21. The molecule has 0 aliphatic rings. The van der Waals surface area contributed by atoms with Crippen LogP contribution >= 0.6 is 0 Å². The summed E-state index contributed by atoms with van der Waals surface area (Å²) in [5.74, 6) is -0.149. The minimum Gasteiger partial charge on any atom is -0.388 e. The van der Waals surface area contributed by atoms with E-state index in [1.165, 1.54) is 6.08 Å². The predicted octanol–water partition coefficient (Wildman–Crippen LogP) is 6.19. The van der Waals surface area contributed by atoms with Crippen molar-refractivity contribution in [1.82, 2.24) is 5.32 Å². The molecule has 1 atom stereocenters. The molecule has 0 saturated carbocycles. The lowest BCUT2D eigenvalue weighted by Crippen LogP contribution is -2.42. The van der Waals surface area contributed by atoms with Crippen LogP contribution in [0.2, 0.25) is 0 Å². The molecule has 0 aliphatic heterocycles. The fourth-order valence-electron chi connectivity index (χ4n) is 2.75. The summed E-state index contributed by atoms with van der Waals surface area (Å²) in [6, 6.07) is 0. The van der Waals surface area contributed by atoms with E-state index in [2.05, 4.69) is 25.2 Å². The van der Waals surface area contributed by atoms with Gasteiger partial charge in [0.15, 0.2) is 0 Å².